The first-order chi connectivity index (χ1) is 8.95. The minimum absolute atomic E-state index is 0.0276. The number of carboxylic acids is 1. The minimum atomic E-state index is -0.943. The van der Waals surface area contributed by atoms with Crippen LogP contribution >= 0.6 is 0 Å². The average molecular weight is 262 g/mol. The van der Waals surface area contributed by atoms with Crippen molar-refractivity contribution in [3.63, 3.8) is 0 Å². The molecule has 6 nitrogen and oxygen atoms in total. The topological polar surface area (TPSA) is 85.4 Å². The summed E-state index contributed by atoms with van der Waals surface area (Å²) in [7, 11) is 0. The summed E-state index contributed by atoms with van der Waals surface area (Å²) in [5.41, 5.74) is 1.39. The zero-order valence-corrected chi connectivity index (χ0v) is 10.7. The van der Waals surface area contributed by atoms with Crippen molar-refractivity contribution >= 4 is 22.6 Å². The molecule has 6 heteroatoms. The molecule has 100 valence electrons. The highest BCUT2D eigenvalue weighted by Gasteiger charge is 2.21. The second-order valence-corrected chi connectivity index (χ2v) is 4.39. The maximum absolute atomic E-state index is 11.1. The molecule has 0 saturated heterocycles. The van der Waals surface area contributed by atoms with Gasteiger partial charge in [-0.25, -0.2) is 0 Å². The van der Waals surface area contributed by atoms with E-state index in [1.807, 2.05) is 11.5 Å². The first-order valence-corrected chi connectivity index (χ1v) is 5.95. The van der Waals surface area contributed by atoms with Crippen LogP contribution in [-0.2, 0) is 11.3 Å². The number of carbonyl (C=O) groups is 1. The second-order valence-electron chi connectivity index (χ2n) is 4.39. The lowest BCUT2D eigenvalue weighted by atomic mass is 10.0. The molecule has 0 radical (unpaired) electrons. The quantitative estimate of drug-likeness (QED) is 0.678. The first kappa shape index (κ1) is 13.1. The van der Waals surface area contributed by atoms with Crippen molar-refractivity contribution in [2.24, 2.45) is 0 Å². The lowest BCUT2D eigenvalue weighted by Crippen LogP contribution is -2.06. The van der Waals surface area contributed by atoms with Crippen molar-refractivity contribution in [2.45, 2.75) is 26.3 Å². The molecule has 1 unspecified atom stereocenters. The molecule has 2 aromatic rings. The molecule has 0 fully saturated rings. The van der Waals surface area contributed by atoms with Gasteiger partial charge in [-0.3, -0.25) is 14.9 Å². The third kappa shape index (κ3) is 2.16. The molecule has 1 heterocycles. The number of hydrogen-bond donors (Lipinski definition) is 1. The highest BCUT2D eigenvalue weighted by Crippen LogP contribution is 2.30. The van der Waals surface area contributed by atoms with Gasteiger partial charge in [0.05, 0.1) is 10.8 Å². The Morgan fingerprint density at radius 3 is 2.74 bits per heavy atom. The summed E-state index contributed by atoms with van der Waals surface area (Å²) < 4.78 is 1.90. The summed E-state index contributed by atoms with van der Waals surface area (Å²) in [4.78, 5) is 21.5. The highest BCUT2D eigenvalue weighted by molar-refractivity contribution is 5.91. The van der Waals surface area contributed by atoms with Gasteiger partial charge in [0, 0.05) is 35.8 Å². The van der Waals surface area contributed by atoms with Crippen LogP contribution in [0.1, 0.15) is 25.3 Å². The third-order valence-corrected chi connectivity index (χ3v) is 3.28. The Hall–Kier alpha value is -2.37. The largest absolute Gasteiger partial charge is 0.481 e. The van der Waals surface area contributed by atoms with Gasteiger partial charge in [-0.2, -0.15) is 0 Å². The number of benzene rings is 1. The fraction of sp³-hybridized carbons (Fsp3) is 0.308. The maximum Gasteiger partial charge on any atom is 0.310 e. The molecule has 1 atom stereocenters. The van der Waals surface area contributed by atoms with Gasteiger partial charge in [-0.05, 0) is 25.5 Å². The number of aromatic nitrogens is 1. The van der Waals surface area contributed by atoms with Gasteiger partial charge in [0.15, 0.2) is 0 Å². The van der Waals surface area contributed by atoms with E-state index in [4.69, 9.17) is 5.11 Å². The minimum Gasteiger partial charge on any atom is -0.481 e. The molecule has 0 saturated carbocycles. The van der Waals surface area contributed by atoms with Crippen LogP contribution in [0, 0.1) is 10.1 Å². The zero-order valence-electron chi connectivity index (χ0n) is 10.7. The number of hydrogen-bond acceptors (Lipinski definition) is 3. The summed E-state index contributed by atoms with van der Waals surface area (Å²) in [6, 6.07) is 4.54. The Kier molecular flexibility index (Phi) is 3.25. The van der Waals surface area contributed by atoms with Crippen molar-refractivity contribution in [1.82, 2.24) is 4.57 Å². The van der Waals surface area contributed by atoms with Crippen molar-refractivity contribution < 1.29 is 14.8 Å². The molecule has 0 aliphatic carbocycles. The number of aryl methyl sites for hydroxylation is 1. The number of non-ortho nitro benzene ring substituents is 1. The predicted molar refractivity (Wildman–Crippen MR) is 70.3 cm³/mol. The van der Waals surface area contributed by atoms with Crippen molar-refractivity contribution in [3.8, 4) is 0 Å². The van der Waals surface area contributed by atoms with Crippen LogP contribution in [0.2, 0.25) is 0 Å². The highest BCUT2D eigenvalue weighted by atomic mass is 16.6. The van der Waals surface area contributed by atoms with Gasteiger partial charge < -0.3 is 9.67 Å². The fourth-order valence-corrected chi connectivity index (χ4v) is 2.17. The van der Waals surface area contributed by atoms with Gasteiger partial charge >= 0.3 is 5.97 Å². The molecule has 1 N–H and O–H groups in total. The lowest BCUT2D eigenvalue weighted by Gasteiger charge is -2.03. The smallest absolute Gasteiger partial charge is 0.310 e. The van der Waals surface area contributed by atoms with Gasteiger partial charge in [0.25, 0.3) is 5.69 Å². The summed E-state index contributed by atoms with van der Waals surface area (Å²) in [5, 5.41) is 20.6. The van der Waals surface area contributed by atoms with Gasteiger partial charge in [-0.15, -0.1) is 0 Å². The average Bonchev–Trinajstić information content (AvgIpc) is 2.75. The number of nitro benzene ring substituents is 1. The second kappa shape index (κ2) is 4.72. The number of aliphatic carboxylic acids is 1. The van der Waals surface area contributed by atoms with Crippen molar-refractivity contribution in [1.29, 1.82) is 0 Å². The number of nitro groups is 1. The van der Waals surface area contributed by atoms with E-state index in [0.717, 1.165) is 5.52 Å². The molecule has 2 rings (SSSR count). The van der Waals surface area contributed by atoms with Crippen molar-refractivity contribution in [3.05, 3.63) is 40.1 Å². The number of rotatable bonds is 4. The maximum atomic E-state index is 11.1. The molecular formula is C13H14N2O4. The Labute approximate surface area is 109 Å². The van der Waals surface area contributed by atoms with E-state index < -0.39 is 16.8 Å². The van der Waals surface area contributed by atoms with E-state index in [1.165, 1.54) is 12.1 Å². The SMILES string of the molecule is CCn1cc(C(C)C(=O)O)c2cc([N+](=O)[O-])ccc21. The normalized spacial score (nSPS) is 12.5. The number of carboxylic acid groups (broad SMARTS) is 1. The van der Waals surface area contributed by atoms with Crippen LogP contribution in [0.25, 0.3) is 10.9 Å². The molecule has 0 aliphatic rings. The molecule has 0 bridgehead atoms. The molecule has 0 amide bonds. The Balaban J connectivity index is 2.72. The van der Waals surface area contributed by atoms with Crippen molar-refractivity contribution in [2.75, 3.05) is 0 Å². The van der Waals surface area contributed by atoms with E-state index >= 15 is 0 Å². The van der Waals surface area contributed by atoms with Crippen LogP contribution in [0.5, 0.6) is 0 Å². The van der Waals surface area contributed by atoms with Gasteiger partial charge in [-0.1, -0.05) is 0 Å². The van der Waals surface area contributed by atoms with Crippen LogP contribution < -0.4 is 0 Å². The summed E-state index contributed by atoms with van der Waals surface area (Å²) in [6.07, 6.45) is 1.76. The third-order valence-electron chi connectivity index (χ3n) is 3.28. The summed E-state index contributed by atoms with van der Waals surface area (Å²) in [6.45, 7) is 4.20. The van der Waals surface area contributed by atoms with Gasteiger partial charge in [0.2, 0.25) is 0 Å². The Morgan fingerprint density at radius 1 is 1.53 bits per heavy atom. The van der Waals surface area contributed by atoms with Crippen LogP contribution in [-0.4, -0.2) is 20.6 Å². The summed E-state index contributed by atoms with van der Waals surface area (Å²) >= 11 is 0. The monoisotopic (exact) mass is 262 g/mol. The zero-order chi connectivity index (χ0) is 14.2. The molecule has 1 aromatic heterocycles. The van der Waals surface area contributed by atoms with Gasteiger partial charge in [0.1, 0.15) is 0 Å². The lowest BCUT2D eigenvalue weighted by molar-refractivity contribution is -0.384. The summed E-state index contributed by atoms with van der Waals surface area (Å²) in [5.74, 6) is -1.64. The standard InChI is InChI=1S/C13H14N2O4/c1-3-14-7-11(8(2)13(16)17)10-6-9(15(18)19)4-5-12(10)14/h4-8H,3H2,1-2H3,(H,16,17). The Bertz CT molecular complexity index is 660. The van der Waals surface area contributed by atoms with Crippen LogP contribution in [0.3, 0.4) is 0 Å². The van der Waals surface area contributed by atoms with Crippen LogP contribution in [0.4, 0.5) is 5.69 Å². The molecule has 0 aliphatic heterocycles. The number of nitrogens with zero attached hydrogens (tertiary/aromatic N) is 2. The molecule has 0 spiro atoms. The predicted octanol–water partition coefficient (Wildman–Crippen LogP) is 2.76. The molecule has 1 aromatic carbocycles. The first-order valence-electron chi connectivity index (χ1n) is 5.95. The van der Waals surface area contributed by atoms with E-state index in [2.05, 4.69) is 0 Å². The fourth-order valence-electron chi connectivity index (χ4n) is 2.17. The van der Waals surface area contributed by atoms with E-state index in [0.29, 0.717) is 17.5 Å². The van der Waals surface area contributed by atoms with Crippen LogP contribution in [0.15, 0.2) is 24.4 Å². The molecule has 19 heavy (non-hydrogen) atoms. The van der Waals surface area contributed by atoms with E-state index in [9.17, 15) is 14.9 Å². The molecular weight excluding hydrogens is 248 g/mol. The van der Waals surface area contributed by atoms with E-state index in [-0.39, 0.29) is 5.69 Å². The number of fused-ring (bicyclic) bond motifs is 1. The van der Waals surface area contributed by atoms with E-state index in [1.54, 1.807) is 19.2 Å². The Morgan fingerprint density at radius 2 is 2.21 bits per heavy atom.